The molecule has 3 rings (SSSR count). The molecule has 2 bridgehead atoms. The molecule has 1 aromatic heterocycles. The Morgan fingerprint density at radius 2 is 2.37 bits per heavy atom. The number of carbonyl (C=O) groups is 1. The van der Waals surface area contributed by atoms with Gasteiger partial charge in [-0.05, 0) is 50.0 Å². The number of rotatable bonds is 5. The van der Waals surface area contributed by atoms with Crippen LogP contribution in [-0.2, 0) is 11.3 Å². The molecule has 0 spiro atoms. The maximum absolute atomic E-state index is 11.9. The van der Waals surface area contributed by atoms with E-state index in [4.69, 9.17) is 0 Å². The summed E-state index contributed by atoms with van der Waals surface area (Å²) in [5.41, 5.74) is 1.02. The summed E-state index contributed by atoms with van der Waals surface area (Å²) in [6, 6.07) is 1.98. The fourth-order valence-electron chi connectivity index (χ4n) is 3.83. The Bertz CT molecular complexity index is 454. The number of nitrogens with one attached hydrogen (secondary N) is 1. The molecular weight excluding hydrogens is 238 g/mol. The van der Waals surface area contributed by atoms with Crippen LogP contribution in [0.5, 0.6) is 0 Å². The molecule has 1 N–H and O–H groups in total. The van der Waals surface area contributed by atoms with Gasteiger partial charge in [-0.15, -0.1) is 0 Å². The van der Waals surface area contributed by atoms with E-state index in [1.165, 1.54) is 25.7 Å². The lowest BCUT2D eigenvalue weighted by Gasteiger charge is -2.20. The zero-order valence-corrected chi connectivity index (χ0v) is 11.6. The van der Waals surface area contributed by atoms with E-state index in [0.29, 0.717) is 12.5 Å². The molecule has 0 radical (unpaired) electrons. The molecule has 4 heteroatoms. The lowest BCUT2D eigenvalue weighted by molar-refractivity contribution is -0.122. The normalized spacial score (nSPS) is 28.8. The first kappa shape index (κ1) is 12.7. The summed E-state index contributed by atoms with van der Waals surface area (Å²) in [6.07, 6.45) is 8.12. The first-order valence-corrected chi connectivity index (χ1v) is 7.47. The molecule has 104 valence electrons. The van der Waals surface area contributed by atoms with Gasteiger partial charge in [0, 0.05) is 19.2 Å². The highest BCUT2D eigenvalue weighted by molar-refractivity contribution is 5.76. The van der Waals surface area contributed by atoms with Crippen LogP contribution in [0.1, 0.15) is 37.8 Å². The Morgan fingerprint density at radius 1 is 1.47 bits per heavy atom. The van der Waals surface area contributed by atoms with Crippen LogP contribution in [0.15, 0.2) is 12.3 Å². The fraction of sp³-hybridized carbons (Fsp3) is 0.733. The van der Waals surface area contributed by atoms with E-state index in [0.717, 1.165) is 30.5 Å². The van der Waals surface area contributed by atoms with Crippen LogP contribution in [0.4, 0.5) is 0 Å². The first-order valence-electron chi connectivity index (χ1n) is 7.47. The van der Waals surface area contributed by atoms with Gasteiger partial charge in [0.25, 0.3) is 0 Å². The van der Waals surface area contributed by atoms with Crippen LogP contribution in [0, 0.1) is 24.7 Å². The van der Waals surface area contributed by atoms with Crippen molar-refractivity contribution in [3.05, 3.63) is 18.0 Å². The van der Waals surface area contributed by atoms with E-state index in [2.05, 4.69) is 10.4 Å². The molecule has 2 saturated carbocycles. The highest BCUT2D eigenvalue weighted by Gasteiger charge is 2.39. The predicted octanol–water partition coefficient (Wildman–Crippen LogP) is 2.13. The van der Waals surface area contributed by atoms with Gasteiger partial charge in [-0.3, -0.25) is 9.48 Å². The number of aryl methyl sites for hydroxylation is 1. The van der Waals surface area contributed by atoms with E-state index in [9.17, 15) is 4.79 Å². The number of nitrogens with zero attached hydrogens (tertiary/aromatic N) is 2. The van der Waals surface area contributed by atoms with Crippen molar-refractivity contribution >= 4 is 5.91 Å². The van der Waals surface area contributed by atoms with Crippen molar-refractivity contribution in [2.45, 2.75) is 45.6 Å². The lowest BCUT2D eigenvalue weighted by Crippen LogP contribution is -2.30. The smallest absolute Gasteiger partial charge is 0.220 e. The zero-order chi connectivity index (χ0) is 13.2. The Labute approximate surface area is 114 Å². The van der Waals surface area contributed by atoms with Gasteiger partial charge < -0.3 is 5.32 Å². The van der Waals surface area contributed by atoms with Crippen LogP contribution in [0.2, 0.25) is 0 Å². The number of carbonyl (C=O) groups excluding carboxylic acids is 1. The minimum Gasteiger partial charge on any atom is -0.354 e. The van der Waals surface area contributed by atoms with E-state index in [-0.39, 0.29) is 5.91 Å². The molecule has 1 amide bonds. The number of aromatic nitrogens is 2. The van der Waals surface area contributed by atoms with Crippen LogP contribution in [-0.4, -0.2) is 22.2 Å². The molecule has 0 saturated heterocycles. The summed E-state index contributed by atoms with van der Waals surface area (Å²) in [5.74, 6) is 2.64. The molecule has 1 aromatic rings. The lowest BCUT2D eigenvalue weighted by atomic mass is 9.86. The molecule has 2 aliphatic carbocycles. The van der Waals surface area contributed by atoms with Crippen molar-refractivity contribution in [3.63, 3.8) is 0 Å². The molecule has 19 heavy (non-hydrogen) atoms. The third-order valence-corrected chi connectivity index (χ3v) is 4.77. The Kier molecular flexibility index (Phi) is 3.58. The van der Waals surface area contributed by atoms with Crippen molar-refractivity contribution < 1.29 is 4.79 Å². The van der Waals surface area contributed by atoms with Gasteiger partial charge in [0.05, 0.1) is 12.2 Å². The Balaban J connectivity index is 1.37. The SMILES string of the molecule is Cc1ccn(CCNC(=O)CC2CC3CCC2C3)n1. The van der Waals surface area contributed by atoms with Crippen molar-refractivity contribution in [2.75, 3.05) is 6.54 Å². The second kappa shape index (κ2) is 5.35. The molecule has 0 aromatic carbocycles. The van der Waals surface area contributed by atoms with Crippen LogP contribution in [0.25, 0.3) is 0 Å². The fourth-order valence-corrected chi connectivity index (χ4v) is 3.83. The average molecular weight is 261 g/mol. The zero-order valence-electron chi connectivity index (χ0n) is 11.6. The highest BCUT2D eigenvalue weighted by atomic mass is 16.1. The van der Waals surface area contributed by atoms with Crippen molar-refractivity contribution in [3.8, 4) is 0 Å². The van der Waals surface area contributed by atoms with Gasteiger partial charge in [-0.2, -0.15) is 5.10 Å². The van der Waals surface area contributed by atoms with Crippen molar-refractivity contribution in [2.24, 2.45) is 17.8 Å². The largest absolute Gasteiger partial charge is 0.354 e. The third-order valence-electron chi connectivity index (χ3n) is 4.77. The van der Waals surface area contributed by atoms with E-state index in [1.54, 1.807) is 0 Å². The molecule has 2 aliphatic rings. The molecule has 0 aliphatic heterocycles. The number of amides is 1. The highest BCUT2D eigenvalue weighted by Crippen LogP contribution is 2.49. The topological polar surface area (TPSA) is 46.9 Å². The minimum atomic E-state index is 0.224. The van der Waals surface area contributed by atoms with Crippen LogP contribution in [0.3, 0.4) is 0 Å². The number of fused-ring (bicyclic) bond motifs is 2. The number of hydrogen-bond acceptors (Lipinski definition) is 2. The number of hydrogen-bond donors (Lipinski definition) is 1. The maximum atomic E-state index is 11.9. The summed E-state index contributed by atoms with van der Waals surface area (Å²) in [5, 5.41) is 7.33. The van der Waals surface area contributed by atoms with Crippen LogP contribution < -0.4 is 5.32 Å². The van der Waals surface area contributed by atoms with Crippen molar-refractivity contribution in [1.29, 1.82) is 0 Å². The van der Waals surface area contributed by atoms with Gasteiger partial charge in [-0.25, -0.2) is 0 Å². The van der Waals surface area contributed by atoms with Gasteiger partial charge in [0.15, 0.2) is 0 Å². The second-order valence-corrected chi connectivity index (χ2v) is 6.21. The van der Waals surface area contributed by atoms with E-state index in [1.807, 2.05) is 23.9 Å². The van der Waals surface area contributed by atoms with Gasteiger partial charge in [0.2, 0.25) is 5.91 Å². The monoisotopic (exact) mass is 261 g/mol. The standard InChI is InChI=1S/C15H23N3O/c1-11-4-6-18(17-11)7-5-16-15(19)10-14-9-12-2-3-13(14)8-12/h4,6,12-14H,2-3,5,7-10H2,1H3,(H,16,19). The minimum absolute atomic E-state index is 0.224. The second-order valence-electron chi connectivity index (χ2n) is 6.21. The summed E-state index contributed by atoms with van der Waals surface area (Å²) in [7, 11) is 0. The third kappa shape index (κ3) is 2.99. The summed E-state index contributed by atoms with van der Waals surface area (Å²) in [4.78, 5) is 11.9. The maximum Gasteiger partial charge on any atom is 0.220 e. The summed E-state index contributed by atoms with van der Waals surface area (Å²) < 4.78 is 1.88. The molecular formula is C15H23N3O. The molecule has 2 fully saturated rings. The summed E-state index contributed by atoms with van der Waals surface area (Å²) in [6.45, 7) is 3.42. The Hall–Kier alpha value is -1.32. The predicted molar refractivity (Wildman–Crippen MR) is 73.5 cm³/mol. The Morgan fingerprint density at radius 3 is 3.00 bits per heavy atom. The van der Waals surface area contributed by atoms with Gasteiger partial charge in [0.1, 0.15) is 0 Å². The van der Waals surface area contributed by atoms with Crippen molar-refractivity contribution in [1.82, 2.24) is 15.1 Å². The molecule has 1 heterocycles. The van der Waals surface area contributed by atoms with E-state index < -0.39 is 0 Å². The van der Waals surface area contributed by atoms with Gasteiger partial charge in [-0.1, -0.05) is 6.42 Å². The molecule has 3 atom stereocenters. The van der Waals surface area contributed by atoms with Gasteiger partial charge >= 0.3 is 0 Å². The molecule has 4 nitrogen and oxygen atoms in total. The summed E-state index contributed by atoms with van der Waals surface area (Å²) >= 11 is 0. The molecule has 3 unspecified atom stereocenters. The van der Waals surface area contributed by atoms with E-state index >= 15 is 0 Å². The first-order chi connectivity index (χ1) is 9.20. The average Bonchev–Trinajstić information content (AvgIpc) is 3.06. The van der Waals surface area contributed by atoms with Crippen LogP contribution >= 0.6 is 0 Å². The quantitative estimate of drug-likeness (QED) is 0.882.